The van der Waals surface area contributed by atoms with Gasteiger partial charge < -0.3 is 14.2 Å². The first-order chi connectivity index (χ1) is 7.20. The first-order valence-corrected chi connectivity index (χ1v) is 4.37. The number of carbonyl (C=O) groups excluding carboxylic acids is 2. The fourth-order valence-electron chi connectivity index (χ4n) is 0.622. The Bertz CT molecular complexity index is 215. The van der Waals surface area contributed by atoms with Gasteiger partial charge in [0, 0.05) is 13.6 Å². The number of carbonyl (C=O) groups is 2. The summed E-state index contributed by atoms with van der Waals surface area (Å²) in [5, 5.41) is 0. The lowest BCUT2D eigenvalue weighted by molar-refractivity contribution is -0.140. The SMILES string of the molecule is C=CC(=O)OCCOCCOC(=O)C=C.[2HH]. The number of hydrogen-bond acceptors (Lipinski definition) is 5. The molecule has 0 bridgehead atoms. The molecule has 0 heterocycles. The summed E-state index contributed by atoms with van der Waals surface area (Å²) in [6.45, 7) is 7.29. The predicted octanol–water partition coefficient (Wildman–Crippen LogP) is 0.707. The minimum Gasteiger partial charge on any atom is -0.460 e. The van der Waals surface area contributed by atoms with Crippen LogP contribution in [0.4, 0.5) is 0 Å². The molecule has 0 spiro atoms. The van der Waals surface area contributed by atoms with Crippen LogP contribution in [-0.2, 0) is 23.8 Å². The summed E-state index contributed by atoms with van der Waals surface area (Å²) in [6, 6.07) is 0. The predicted molar refractivity (Wildman–Crippen MR) is 55.2 cm³/mol. The summed E-state index contributed by atoms with van der Waals surface area (Å²) in [7, 11) is 0. The van der Waals surface area contributed by atoms with Crippen molar-refractivity contribution in [1.82, 2.24) is 0 Å². The Morgan fingerprint density at radius 2 is 1.33 bits per heavy atom. The average Bonchev–Trinajstić information content (AvgIpc) is 2.26. The van der Waals surface area contributed by atoms with E-state index < -0.39 is 11.9 Å². The van der Waals surface area contributed by atoms with Crippen molar-refractivity contribution >= 4 is 11.9 Å². The Kier molecular flexibility index (Phi) is 7.99. The molecule has 0 saturated carbocycles. The molecule has 0 aromatic rings. The first-order valence-electron chi connectivity index (χ1n) is 4.37. The highest BCUT2D eigenvalue weighted by Crippen LogP contribution is 1.83. The molecule has 0 saturated heterocycles. The van der Waals surface area contributed by atoms with Gasteiger partial charge in [0.15, 0.2) is 0 Å². The first kappa shape index (κ1) is 13.4. The second-order valence-electron chi connectivity index (χ2n) is 2.36. The van der Waals surface area contributed by atoms with E-state index in [9.17, 15) is 9.59 Å². The molecule has 86 valence electrons. The summed E-state index contributed by atoms with van der Waals surface area (Å²) in [4.78, 5) is 21.1. The van der Waals surface area contributed by atoms with E-state index in [0.717, 1.165) is 12.2 Å². The Labute approximate surface area is 89.8 Å². The normalized spacial score (nSPS) is 9.07. The topological polar surface area (TPSA) is 61.8 Å². The van der Waals surface area contributed by atoms with Gasteiger partial charge in [-0.2, -0.15) is 0 Å². The molecular formula is C10H16O5. The van der Waals surface area contributed by atoms with Gasteiger partial charge in [-0.15, -0.1) is 0 Å². The average molecular weight is 217 g/mol. The second kappa shape index (κ2) is 8.96. The summed E-state index contributed by atoms with van der Waals surface area (Å²) >= 11 is 0. The minimum atomic E-state index is -0.489. The van der Waals surface area contributed by atoms with E-state index in [0.29, 0.717) is 0 Å². The van der Waals surface area contributed by atoms with Crippen molar-refractivity contribution in [3.8, 4) is 0 Å². The maximum absolute atomic E-state index is 10.6. The van der Waals surface area contributed by atoms with E-state index in [-0.39, 0.29) is 27.9 Å². The molecule has 0 rings (SSSR count). The summed E-state index contributed by atoms with van der Waals surface area (Å²) in [5.41, 5.74) is 0. The lowest BCUT2D eigenvalue weighted by atomic mass is 10.6. The molecule has 0 aliphatic carbocycles. The Balaban J connectivity index is 0. The van der Waals surface area contributed by atoms with Gasteiger partial charge in [-0.1, -0.05) is 13.2 Å². The van der Waals surface area contributed by atoms with Crippen LogP contribution in [0.25, 0.3) is 0 Å². The second-order valence-corrected chi connectivity index (χ2v) is 2.36. The molecule has 0 atom stereocenters. The monoisotopic (exact) mass is 217 g/mol. The van der Waals surface area contributed by atoms with E-state index in [1.807, 2.05) is 0 Å². The van der Waals surface area contributed by atoms with Crippen LogP contribution in [0, 0.1) is 0 Å². The third-order valence-corrected chi connectivity index (χ3v) is 1.28. The molecule has 0 N–H and O–H groups in total. The quantitative estimate of drug-likeness (QED) is 0.340. The number of hydrogen-bond donors (Lipinski definition) is 0. The zero-order valence-electron chi connectivity index (χ0n) is 8.44. The standard InChI is InChI=1S/C10H14O5.H2/c1-3-9(11)14-7-5-13-6-8-15-10(12)4-2;/h3-4H,1-2,5-8H2;1H/i;1+1. The Hall–Kier alpha value is -1.62. The third kappa shape index (κ3) is 8.70. The van der Waals surface area contributed by atoms with Crippen LogP contribution in [0.2, 0.25) is 0 Å². The zero-order chi connectivity index (χ0) is 11.5. The van der Waals surface area contributed by atoms with Crippen LogP contribution in [0.5, 0.6) is 0 Å². The smallest absolute Gasteiger partial charge is 0.330 e. The molecule has 0 unspecified atom stereocenters. The van der Waals surface area contributed by atoms with Gasteiger partial charge in [-0.05, 0) is 0 Å². The van der Waals surface area contributed by atoms with E-state index in [4.69, 9.17) is 4.74 Å². The van der Waals surface area contributed by atoms with Crippen LogP contribution in [0.1, 0.15) is 1.43 Å². The van der Waals surface area contributed by atoms with Crippen LogP contribution >= 0.6 is 0 Å². The molecule has 0 amide bonds. The van der Waals surface area contributed by atoms with Crippen molar-refractivity contribution in [2.75, 3.05) is 26.4 Å². The molecule has 0 fully saturated rings. The van der Waals surface area contributed by atoms with Gasteiger partial charge in [0.05, 0.1) is 13.2 Å². The number of rotatable bonds is 8. The Morgan fingerprint density at radius 3 is 1.67 bits per heavy atom. The molecule has 0 radical (unpaired) electrons. The molecule has 15 heavy (non-hydrogen) atoms. The maximum Gasteiger partial charge on any atom is 0.330 e. The van der Waals surface area contributed by atoms with E-state index in [2.05, 4.69) is 22.6 Å². The van der Waals surface area contributed by atoms with E-state index in [1.54, 1.807) is 0 Å². The fourth-order valence-corrected chi connectivity index (χ4v) is 0.622. The van der Waals surface area contributed by atoms with Gasteiger partial charge in [-0.25, -0.2) is 9.59 Å². The van der Waals surface area contributed by atoms with E-state index in [1.165, 1.54) is 0 Å². The molecule has 0 aliphatic rings. The van der Waals surface area contributed by atoms with Crippen molar-refractivity contribution in [2.45, 2.75) is 0 Å². The number of ether oxygens (including phenoxy) is 3. The van der Waals surface area contributed by atoms with Crippen molar-refractivity contribution in [3.63, 3.8) is 0 Å². The summed E-state index contributed by atoms with van der Waals surface area (Å²) in [6.07, 6.45) is 2.15. The van der Waals surface area contributed by atoms with Crippen molar-refractivity contribution in [3.05, 3.63) is 25.3 Å². The third-order valence-electron chi connectivity index (χ3n) is 1.28. The molecular weight excluding hydrogens is 200 g/mol. The molecule has 0 aliphatic heterocycles. The van der Waals surface area contributed by atoms with Crippen LogP contribution < -0.4 is 0 Å². The van der Waals surface area contributed by atoms with Gasteiger partial charge in [0.2, 0.25) is 0 Å². The lowest BCUT2D eigenvalue weighted by Crippen LogP contribution is -2.12. The fraction of sp³-hybridized carbons (Fsp3) is 0.400. The van der Waals surface area contributed by atoms with Gasteiger partial charge in [-0.3, -0.25) is 0 Å². The molecule has 5 heteroatoms. The summed E-state index contributed by atoms with van der Waals surface area (Å²) in [5.74, 6) is -0.978. The molecule has 5 nitrogen and oxygen atoms in total. The van der Waals surface area contributed by atoms with Gasteiger partial charge in [0.1, 0.15) is 13.2 Å². The van der Waals surface area contributed by atoms with E-state index >= 15 is 0 Å². The zero-order valence-corrected chi connectivity index (χ0v) is 8.44. The van der Waals surface area contributed by atoms with Crippen molar-refractivity contribution in [1.29, 1.82) is 0 Å². The van der Waals surface area contributed by atoms with Crippen molar-refractivity contribution in [2.24, 2.45) is 0 Å². The van der Waals surface area contributed by atoms with Crippen molar-refractivity contribution < 1.29 is 25.2 Å². The maximum atomic E-state index is 10.6. The number of esters is 2. The largest absolute Gasteiger partial charge is 0.460 e. The highest BCUT2D eigenvalue weighted by Gasteiger charge is 1.96. The Morgan fingerprint density at radius 1 is 0.933 bits per heavy atom. The highest BCUT2D eigenvalue weighted by molar-refractivity contribution is 5.81. The lowest BCUT2D eigenvalue weighted by Gasteiger charge is -2.04. The van der Waals surface area contributed by atoms with Crippen LogP contribution in [0.3, 0.4) is 0 Å². The van der Waals surface area contributed by atoms with Gasteiger partial charge >= 0.3 is 11.9 Å². The minimum absolute atomic E-state index is 0. The van der Waals surface area contributed by atoms with Crippen LogP contribution in [0.15, 0.2) is 25.3 Å². The molecule has 0 aromatic heterocycles. The van der Waals surface area contributed by atoms with Crippen LogP contribution in [-0.4, -0.2) is 38.4 Å². The molecule has 0 aromatic carbocycles. The highest BCUT2D eigenvalue weighted by atomic mass is 16.6. The van der Waals surface area contributed by atoms with Gasteiger partial charge in [0.25, 0.3) is 0 Å². The summed E-state index contributed by atoms with van der Waals surface area (Å²) < 4.78 is 14.3.